The van der Waals surface area contributed by atoms with Crippen molar-refractivity contribution in [3.05, 3.63) is 81.5 Å². The molecule has 3 rings (SSSR count). The van der Waals surface area contributed by atoms with Crippen LogP contribution in [0.2, 0.25) is 0 Å². The molecule has 0 saturated heterocycles. The SMILES string of the molecule is Cc1cccc(C)c1NC(=O)COC(=O)c1ccc(-c2cccc(Br)c2)nc1C. The van der Waals surface area contributed by atoms with Crippen LogP contribution in [0.1, 0.15) is 27.2 Å². The van der Waals surface area contributed by atoms with Gasteiger partial charge in [-0.25, -0.2) is 4.79 Å². The number of benzene rings is 2. The molecule has 0 spiro atoms. The van der Waals surface area contributed by atoms with E-state index in [0.717, 1.165) is 32.5 Å². The molecule has 2 aromatic carbocycles. The van der Waals surface area contributed by atoms with Crippen molar-refractivity contribution in [2.24, 2.45) is 0 Å². The molecule has 0 bridgehead atoms. The third-order valence-corrected chi connectivity index (χ3v) is 5.00. The molecule has 6 heteroatoms. The summed E-state index contributed by atoms with van der Waals surface area (Å²) in [4.78, 5) is 29.1. The molecule has 1 amide bonds. The van der Waals surface area contributed by atoms with Gasteiger partial charge >= 0.3 is 5.97 Å². The summed E-state index contributed by atoms with van der Waals surface area (Å²) in [5, 5.41) is 2.80. The molecule has 1 N–H and O–H groups in total. The molecular formula is C23H21BrN2O3. The highest BCUT2D eigenvalue weighted by atomic mass is 79.9. The topological polar surface area (TPSA) is 68.3 Å². The third kappa shape index (κ3) is 5.09. The van der Waals surface area contributed by atoms with Gasteiger partial charge in [0.25, 0.3) is 5.91 Å². The van der Waals surface area contributed by atoms with Gasteiger partial charge in [0.05, 0.1) is 17.0 Å². The number of rotatable bonds is 5. The number of anilines is 1. The second-order valence-electron chi connectivity index (χ2n) is 6.73. The van der Waals surface area contributed by atoms with Gasteiger partial charge in [-0.2, -0.15) is 0 Å². The summed E-state index contributed by atoms with van der Waals surface area (Å²) < 4.78 is 6.14. The monoisotopic (exact) mass is 452 g/mol. The summed E-state index contributed by atoms with van der Waals surface area (Å²) in [5.41, 5.74) is 5.22. The van der Waals surface area contributed by atoms with Crippen LogP contribution in [0.15, 0.2) is 59.1 Å². The molecule has 0 radical (unpaired) electrons. The number of nitrogens with zero attached hydrogens (tertiary/aromatic N) is 1. The highest BCUT2D eigenvalue weighted by Gasteiger charge is 2.15. The number of carbonyl (C=O) groups is 2. The smallest absolute Gasteiger partial charge is 0.340 e. The van der Waals surface area contributed by atoms with Crippen LogP contribution in [0.3, 0.4) is 0 Å². The summed E-state index contributed by atoms with van der Waals surface area (Å²) in [6, 6.07) is 17.0. The van der Waals surface area contributed by atoms with Crippen molar-refractivity contribution in [3.8, 4) is 11.3 Å². The minimum atomic E-state index is -0.576. The second kappa shape index (κ2) is 9.01. The van der Waals surface area contributed by atoms with Crippen LogP contribution < -0.4 is 5.32 Å². The third-order valence-electron chi connectivity index (χ3n) is 4.51. The van der Waals surface area contributed by atoms with Crippen LogP contribution >= 0.6 is 15.9 Å². The van der Waals surface area contributed by atoms with Gasteiger partial charge < -0.3 is 10.1 Å². The van der Waals surface area contributed by atoms with Crippen molar-refractivity contribution < 1.29 is 14.3 Å². The zero-order chi connectivity index (χ0) is 21.0. The molecule has 0 aliphatic heterocycles. The minimum absolute atomic E-state index is 0.337. The maximum atomic E-state index is 12.4. The largest absolute Gasteiger partial charge is 0.452 e. The predicted molar refractivity (Wildman–Crippen MR) is 117 cm³/mol. The Morgan fingerprint density at radius 1 is 1.00 bits per heavy atom. The first-order valence-electron chi connectivity index (χ1n) is 9.12. The Balaban J connectivity index is 1.65. The number of hydrogen-bond donors (Lipinski definition) is 1. The molecule has 0 aliphatic carbocycles. The van der Waals surface area contributed by atoms with Crippen LogP contribution in [-0.4, -0.2) is 23.5 Å². The van der Waals surface area contributed by atoms with E-state index in [1.54, 1.807) is 19.1 Å². The van der Waals surface area contributed by atoms with E-state index in [1.165, 1.54) is 0 Å². The number of esters is 1. The highest BCUT2D eigenvalue weighted by molar-refractivity contribution is 9.10. The van der Waals surface area contributed by atoms with E-state index in [-0.39, 0.29) is 12.5 Å². The van der Waals surface area contributed by atoms with Gasteiger partial charge in [-0.05, 0) is 56.2 Å². The van der Waals surface area contributed by atoms with Crippen molar-refractivity contribution in [1.29, 1.82) is 0 Å². The van der Waals surface area contributed by atoms with Crippen LogP contribution in [0.5, 0.6) is 0 Å². The summed E-state index contributed by atoms with van der Waals surface area (Å²) in [7, 11) is 0. The van der Waals surface area contributed by atoms with E-state index in [4.69, 9.17) is 4.74 Å². The van der Waals surface area contributed by atoms with Gasteiger partial charge in [0.1, 0.15) is 0 Å². The molecule has 5 nitrogen and oxygen atoms in total. The first-order chi connectivity index (χ1) is 13.8. The number of amides is 1. The Kier molecular flexibility index (Phi) is 6.44. The van der Waals surface area contributed by atoms with Crippen LogP contribution in [0.25, 0.3) is 11.3 Å². The highest BCUT2D eigenvalue weighted by Crippen LogP contribution is 2.23. The average molecular weight is 453 g/mol. The van der Waals surface area contributed by atoms with Gasteiger partial charge in [0.15, 0.2) is 6.61 Å². The van der Waals surface area contributed by atoms with Crippen LogP contribution in [0, 0.1) is 20.8 Å². The Morgan fingerprint density at radius 2 is 1.69 bits per heavy atom. The lowest BCUT2D eigenvalue weighted by molar-refractivity contribution is -0.119. The molecule has 0 fully saturated rings. The summed E-state index contributed by atoms with van der Waals surface area (Å²) in [6.07, 6.45) is 0. The number of aryl methyl sites for hydroxylation is 3. The molecule has 0 atom stereocenters. The zero-order valence-electron chi connectivity index (χ0n) is 16.5. The van der Waals surface area contributed by atoms with E-state index in [9.17, 15) is 9.59 Å². The number of ether oxygens (including phenoxy) is 1. The number of nitrogens with one attached hydrogen (secondary N) is 1. The van der Waals surface area contributed by atoms with Gasteiger partial charge in [0, 0.05) is 15.7 Å². The predicted octanol–water partition coefficient (Wildman–Crippen LogP) is 5.23. The first kappa shape index (κ1) is 20.7. The van der Waals surface area contributed by atoms with E-state index in [2.05, 4.69) is 26.2 Å². The number of halogens is 1. The van der Waals surface area contributed by atoms with E-state index in [0.29, 0.717) is 11.3 Å². The Hall–Kier alpha value is -2.99. The lowest BCUT2D eigenvalue weighted by atomic mass is 10.1. The lowest BCUT2D eigenvalue weighted by Gasteiger charge is -2.12. The number of pyridine rings is 1. The summed E-state index contributed by atoms with van der Waals surface area (Å²) in [6.45, 7) is 5.21. The molecule has 0 unspecified atom stereocenters. The maximum absolute atomic E-state index is 12.4. The number of hydrogen-bond acceptors (Lipinski definition) is 4. The molecule has 0 saturated carbocycles. The fourth-order valence-corrected chi connectivity index (χ4v) is 3.38. The Labute approximate surface area is 178 Å². The molecule has 3 aromatic rings. The molecule has 1 aromatic heterocycles. The summed E-state index contributed by atoms with van der Waals surface area (Å²) in [5.74, 6) is -0.959. The van der Waals surface area contributed by atoms with Crippen molar-refractivity contribution in [2.75, 3.05) is 11.9 Å². The molecule has 0 aliphatic rings. The fourth-order valence-electron chi connectivity index (χ4n) is 2.98. The molecule has 29 heavy (non-hydrogen) atoms. The van der Waals surface area contributed by atoms with Crippen molar-refractivity contribution in [1.82, 2.24) is 4.98 Å². The van der Waals surface area contributed by atoms with E-state index in [1.807, 2.05) is 56.3 Å². The maximum Gasteiger partial charge on any atom is 0.340 e. The second-order valence-corrected chi connectivity index (χ2v) is 7.65. The van der Waals surface area contributed by atoms with Gasteiger partial charge in [-0.1, -0.05) is 46.3 Å². The zero-order valence-corrected chi connectivity index (χ0v) is 18.0. The number of aromatic nitrogens is 1. The van der Waals surface area contributed by atoms with E-state index < -0.39 is 5.97 Å². The fraction of sp³-hybridized carbons (Fsp3) is 0.174. The Bertz CT molecular complexity index is 1060. The number of carbonyl (C=O) groups excluding carboxylic acids is 2. The first-order valence-corrected chi connectivity index (χ1v) is 9.91. The molecule has 148 valence electrons. The molecule has 1 heterocycles. The van der Waals surface area contributed by atoms with E-state index >= 15 is 0 Å². The standard InChI is InChI=1S/C23H21BrN2O3/c1-14-6-4-7-15(2)22(14)26-21(27)13-29-23(28)19-10-11-20(25-16(19)3)17-8-5-9-18(24)12-17/h4-12H,13H2,1-3H3,(H,26,27). The Morgan fingerprint density at radius 3 is 2.34 bits per heavy atom. The number of para-hydroxylation sites is 1. The quantitative estimate of drug-likeness (QED) is 0.537. The van der Waals surface area contributed by atoms with Crippen molar-refractivity contribution in [3.63, 3.8) is 0 Å². The normalized spacial score (nSPS) is 10.5. The van der Waals surface area contributed by atoms with Gasteiger partial charge in [0.2, 0.25) is 0 Å². The molecular weight excluding hydrogens is 432 g/mol. The van der Waals surface area contributed by atoms with Gasteiger partial charge in [-0.15, -0.1) is 0 Å². The summed E-state index contributed by atoms with van der Waals surface area (Å²) >= 11 is 3.44. The van der Waals surface area contributed by atoms with Crippen LogP contribution in [0.4, 0.5) is 5.69 Å². The minimum Gasteiger partial charge on any atom is -0.452 e. The van der Waals surface area contributed by atoms with Crippen molar-refractivity contribution >= 4 is 33.5 Å². The lowest BCUT2D eigenvalue weighted by Crippen LogP contribution is -2.22. The van der Waals surface area contributed by atoms with Crippen LogP contribution in [-0.2, 0) is 9.53 Å². The van der Waals surface area contributed by atoms with Crippen molar-refractivity contribution in [2.45, 2.75) is 20.8 Å². The van der Waals surface area contributed by atoms with Gasteiger partial charge in [-0.3, -0.25) is 9.78 Å². The average Bonchev–Trinajstić information content (AvgIpc) is 2.69.